The maximum Gasteiger partial charge on any atom is 0.279 e. The number of thiazole rings is 1. The molecule has 0 fully saturated rings. The molecule has 1 amide bonds. The van der Waals surface area contributed by atoms with Crippen LogP contribution in [0.15, 0.2) is 78.3 Å². The Morgan fingerprint density at radius 2 is 2.00 bits per heavy atom. The van der Waals surface area contributed by atoms with Crippen molar-refractivity contribution in [3.8, 4) is 0 Å². The Balaban J connectivity index is 1.96. The van der Waals surface area contributed by atoms with Gasteiger partial charge in [0.05, 0.1) is 10.2 Å². The number of fused-ring (bicyclic) bond motifs is 3. The normalized spacial score (nSPS) is 12.0. The zero-order valence-corrected chi connectivity index (χ0v) is 15.4. The molecule has 5 heteroatoms. The Labute approximate surface area is 159 Å². The Hall–Kier alpha value is -2.69. The summed E-state index contributed by atoms with van der Waals surface area (Å²) >= 11 is 7.51. The Bertz CT molecular complexity index is 1220. The summed E-state index contributed by atoms with van der Waals surface area (Å²) < 4.78 is 3.13. The van der Waals surface area contributed by atoms with E-state index in [1.165, 1.54) is 16.7 Å². The standard InChI is InChI=1S/C21H15ClN2OS/c1-2-12-24-18-11-10-14-6-3-4-9-17(14)19(18)26-21(24)23-20(25)15-7-5-8-16(22)13-15/h2-11,13H,1,12H2. The van der Waals surface area contributed by atoms with E-state index < -0.39 is 0 Å². The maximum absolute atomic E-state index is 12.6. The van der Waals surface area contributed by atoms with E-state index in [0.717, 1.165) is 15.6 Å². The molecule has 3 nitrogen and oxygen atoms in total. The summed E-state index contributed by atoms with van der Waals surface area (Å²) in [5.74, 6) is -0.304. The van der Waals surface area contributed by atoms with E-state index in [1.807, 2.05) is 22.8 Å². The Morgan fingerprint density at radius 1 is 1.15 bits per heavy atom. The summed E-state index contributed by atoms with van der Waals surface area (Å²) in [5.41, 5.74) is 1.52. The first-order valence-electron chi connectivity index (χ1n) is 8.14. The Morgan fingerprint density at radius 3 is 2.81 bits per heavy atom. The molecular weight excluding hydrogens is 364 g/mol. The third-order valence-electron chi connectivity index (χ3n) is 4.15. The van der Waals surface area contributed by atoms with Crippen LogP contribution in [0.5, 0.6) is 0 Å². The summed E-state index contributed by atoms with van der Waals surface area (Å²) in [6.45, 7) is 4.42. The Kier molecular flexibility index (Phi) is 4.45. The van der Waals surface area contributed by atoms with E-state index in [9.17, 15) is 4.79 Å². The average molecular weight is 379 g/mol. The maximum atomic E-state index is 12.6. The van der Waals surface area contributed by atoms with E-state index in [-0.39, 0.29) is 5.91 Å². The van der Waals surface area contributed by atoms with Crippen molar-refractivity contribution in [3.63, 3.8) is 0 Å². The number of nitrogens with zero attached hydrogens (tertiary/aromatic N) is 2. The molecule has 0 saturated heterocycles. The van der Waals surface area contributed by atoms with Crippen molar-refractivity contribution in [1.29, 1.82) is 0 Å². The molecule has 4 aromatic rings. The SMILES string of the molecule is C=CCn1c(=NC(=O)c2cccc(Cl)c2)sc2c3ccccc3ccc21. The van der Waals surface area contributed by atoms with Crippen molar-refractivity contribution in [2.45, 2.75) is 6.54 Å². The fraction of sp³-hybridized carbons (Fsp3) is 0.0476. The predicted molar refractivity (Wildman–Crippen MR) is 109 cm³/mol. The number of amides is 1. The van der Waals surface area contributed by atoms with Gasteiger partial charge in [-0.05, 0) is 29.7 Å². The van der Waals surface area contributed by atoms with Crippen LogP contribution in [-0.4, -0.2) is 10.5 Å². The molecule has 26 heavy (non-hydrogen) atoms. The first kappa shape index (κ1) is 16.8. The topological polar surface area (TPSA) is 34.4 Å². The van der Waals surface area contributed by atoms with Crippen molar-refractivity contribution in [2.24, 2.45) is 4.99 Å². The van der Waals surface area contributed by atoms with Crippen molar-refractivity contribution < 1.29 is 4.79 Å². The lowest BCUT2D eigenvalue weighted by atomic mass is 10.1. The van der Waals surface area contributed by atoms with E-state index in [0.29, 0.717) is 21.9 Å². The van der Waals surface area contributed by atoms with E-state index >= 15 is 0 Å². The molecule has 128 valence electrons. The first-order valence-corrected chi connectivity index (χ1v) is 9.33. The van der Waals surface area contributed by atoms with Gasteiger partial charge in [-0.3, -0.25) is 4.79 Å². The number of aromatic nitrogens is 1. The highest BCUT2D eigenvalue weighted by Crippen LogP contribution is 2.27. The quantitative estimate of drug-likeness (QED) is 0.437. The van der Waals surface area contributed by atoms with Crippen LogP contribution >= 0.6 is 22.9 Å². The van der Waals surface area contributed by atoms with Gasteiger partial charge in [0.15, 0.2) is 4.80 Å². The number of benzene rings is 3. The molecule has 0 aliphatic heterocycles. The summed E-state index contributed by atoms with van der Waals surface area (Å²) in [7, 11) is 0. The minimum atomic E-state index is -0.304. The zero-order valence-electron chi connectivity index (χ0n) is 13.9. The van der Waals surface area contributed by atoms with Gasteiger partial charge >= 0.3 is 0 Å². The summed E-state index contributed by atoms with van der Waals surface area (Å²) in [4.78, 5) is 17.6. The van der Waals surface area contributed by atoms with Crippen LogP contribution < -0.4 is 4.80 Å². The molecule has 0 bridgehead atoms. The minimum absolute atomic E-state index is 0.304. The largest absolute Gasteiger partial charge is 0.312 e. The van der Waals surface area contributed by atoms with Crippen LogP contribution in [0.25, 0.3) is 21.0 Å². The van der Waals surface area contributed by atoms with Gasteiger partial charge in [0.2, 0.25) is 0 Å². The molecule has 4 rings (SSSR count). The number of carbonyl (C=O) groups excluding carboxylic acids is 1. The minimum Gasteiger partial charge on any atom is -0.312 e. The fourth-order valence-electron chi connectivity index (χ4n) is 2.96. The second kappa shape index (κ2) is 6.90. The molecule has 0 unspecified atom stereocenters. The highest BCUT2D eigenvalue weighted by molar-refractivity contribution is 7.17. The van der Waals surface area contributed by atoms with Crippen LogP contribution in [0, 0.1) is 0 Å². The summed E-state index contributed by atoms with van der Waals surface area (Å²) in [6.07, 6.45) is 1.81. The molecule has 1 heterocycles. The molecule has 0 N–H and O–H groups in total. The van der Waals surface area contributed by atoms with Crippen LogP contribution in [0.3, 0.4) is 0 Å². The lowest BCUT2D eigenvalue weighted by molar-refractivity contribution is 0.0998. The van der Waals surface area contributed by atoms with E-state index in [1.54, 1.807) is 24.3 Å². The highest BCUT2D eigenvalue weighted by Gasteiger charge is 2.11. The summed E-state index contributed by atoms with van der Waals surface area (Å²) in [6, 6.07) is 19.2. The molecule has 0 aliphatic carbocycles. The summed E-state index contributed by atoms with van der Waals surface area (Å²) in [5, 5.41) is 2.84. The van der Waals surface area contributed by atoms with Gasteiger partial charge in [-0.2, -0.15) is 4.99 Å². The monoisotopic (exact) mass is 378 g/mol. The third-order valence-corrected chi connectivity index (χ3v) is 5.52. The van der Waals surface area contributed by atoms with Crippen LogP contribution in [-0.2, 0) is 6.54 Å². The smallest absolute Gasteiger partial charge is 0.279 e. The van der Waals surface area contributed by atoms with Crippen LogP contribution in [0.1, 0.15) is 10.4 Å². The lowest BCUT2D eigenvalue weighted by Gasteiger charge is -2.03. The van der Waals surface area contributed by atoms with Crippen molar-refractivity contribution >= 4 is 49.8 Å². The van der Waals surface area contributed by atoms with Gasteiger partial charge in [0.1, 0.15) is 0 Å². The molecule has 1 aromatic heterocycles. The number of rotatable bonds is 3. The molecule has 0 atom stereocenters. The van der Waals surface area contributed by atoms with E-state index in [4.69, 9.17) is 11.6 Å². The van der Waals surface area contributed by atoms with Gasteiger partial charge in [-0.25, -0.2) is 0 Å². The van der Waals surface area contributed by atoms with Crippen molar-refractivity contribution in [3.05, 3.63) is 88.7 Å². The van der Waals surface area contributed by atoms with Gasteiger partial charge in [-0.1, -0.05) is 65.4 Å². The lowest BCUT2D eigenvalue weighted by Crippen LogP contribution is -2.16. The van der Waals surface area contributed by atoms with Gasteiger partial charge < -0.3 is 4.57 Å². The number of allylic oxidation sites excluding steroid dienone is 1. The average Bonchev–Trinajstić information content (AvgIpc) is 3.00. The number of hydrogen-bond acceptors (Lipinski definition) is 2. The van der Waals surface area contributed by atoms with E-state index in [2.05, 4.69) is 35.8 Å². The van der Waals surface area contributed by atoms with Gasteiger partial charge in [0.25, 0.3) is 5.91 Å². The van der Waals surface area contributed by atoms with Crippen LogP contribution in [0.2, 0.25) is 5.02 Å². The number of hydrogen-bond donors (Lipinski definition) is 0. The number of halogens is 1. The second-order valence-electron chi connectivity index (χ2n) is 5.85. The van der Waals surface area contributed by atoms with Crippen molar-refractivity contribution in [1.82, 2.24) is 4.57 Å². The first-order chi connectivity index (χ1) is 12.7. The van der Waals surface area contributed by atoms with Crippen molar-refractivity contribution in [2.75, 3.05) is 0 Å². The fourth-order valence-corrected chi connectivity index (χ4v) is 4.33. The highest BCUT2D eigenvalue weighted by atomic mass is 35.5. The zero-order chi connectivity index (χ0) is 18.1. The molecule has 0 saturated carbocycles. The molecular formula is C21H15ClN2OS. The third kappa shape index (κ3) is 2.98. The number of carbonyl (C=O) groups is 1. The van der Waals surface area contributed by atoms with Gasteiger partial charge in [-0.15, -0.1) is 6.58 Å². The predicted octanol–water partition coefficient (Wildman–Crippen LogP) is 5.44. The molecule has 3 aromatic carbocycles. The molecule has 0 radical (unpaired) electrons. The van der Waals surface area contributed by atoms with Gasteiger partial charge in [0, 0.05) is 22.5 Å². The molecule has 0 spiro atoms. The second-order valence-corrected chi connectivity index (χ2v) is 7.26. The van der Waals surface area contributed by atoms with Crippen LogP contribution in [0.4, 0.5) is 0 Å². The molecule has 0 aliphatic rings.